The van der Waals surface area contributed by atoms with E-state index in [2.05, 4.69) is 17.4 Å². The van der Waals surface area contributed by atoms with Crippen LogP contribution in [-0.2, 0) is 0 Å². The highest BCUT2D eigenvalue weighted by Crippen LogP contribution is 2.34. The van der Waals surface area contributed by atoms with E-state index in [1.54, 1.807) is 0 Å². The van der Waals surface area contributed by atoms with Gasteiger partial charge >= 0.3 is 0 Å². The van der Waals surface area contributed by atoms with Gasteiger partial charge in [-0.25, -0.2) is 0 Å². The van der Waals surface area contributed by atoms with E-state index in [0.29, 0.717) is 19.3 Å². The fourth-order valence-electron chi connectivity index (χ4n) is 2.25. The van der Waals surface area contributed by atoms with E-state index in [4.69, 9.17) is 9.47 Å². The Morgan fingerprint density at radius 1 is 1.13 bits per heavy atom. The van der Waals surface area contributed by atoms with Gasteiger partial charge in [0.05, 0.1) is 0 Å². The van der Waals surface area contributed by atoms with Crippen LogP contribution in [0.4, 0.5) is 0 Å². The van der Waals surface area contributed by atoms with Crippen LogP contribution in [-0.4, -0.2) is 19.8 Å². The second kappa shape index (κ2) is 3.74. The average Bonchev–Trinajstić information content (AvgIpc) is 2.82. The largest absolute Gasteiger partial charge is 0.486 e. The maximum atomic E-state index is 5.57. The van der Waals surface area contributed by atoms with Gasteiger partial charge in [-0.1, -0.05) is 6.07 Å². The summed E-state index contributed by atoms with van der Waals surface area (Å²) in [6, 6.07) is 6.76. The van der Waals surface area contributed by atoms with Crippen LogP contribution in [0, 0.1) is 0 Å². The van der Waals surface area contributed by atoms with Gasteiger partial charge in [-0.3, -0.25) is 0 Å². The van der Waals surface area contributed by atoms with Gasteiger partial charge < -0.3 is 14.8 Å². The van der Waals surface area contributed by atoms with Crippen LogP contribution in [0.3, 0.4) is 0 Å². The summed E-state index contributed by atoms with van der Waals surface area (Å²) in [5.74, 6) is 1.77. The summed E-state index contributed by atoms with van der Waals surface area (Å²) < 4.78 is 11.1. The van der Waals surface area contributed by atoms with Gasteiger partial charge in [0.2, 0.25) is 0 Å². The van der Waals surface area contributed by atoms with Gasteiger partial charge in [0.15, 0.2) is 11.5 Å². The van der Waals surface area contributed by atoms with E-state index < -0.39 is 0 Å². The van der Waals surface area contributed by atoms with E-state index in [-0.39, 0.29) is 0 Å². The molecule has 0 aromatic heterocycles. The van der Waals surface area contributed by atoms with Crippen molar-refractivity contribution in [1.29, 1.82) is 0 Å². The average molecular weight is 205 g/mol. The van der Waals surface area contributed by atoms with Crippen LogP contribution in [0.15, 0.2) is 18.2 Å². The summed E-state index contributed by atoms with van der Waals surface area (Å²) in [5.41, 5.74) is 1.32. The summed E-state index contributed by atoms with van der Waals surface area (Å²) in [4.78, 5) is 0. The Morgan fingerprint density at radius 3 is 2.80 bits per heavy atom. The summed E-state index contributed by atoms with van der Waals surface area (Å²) >= 11 is 0. The Labute approximate surface area is 89.4 Å². The van der Waals surface area contributed by atoms with Crippen molar-refractivity contribution in [2.75, 3.05) is 19.8 Å². The van der Waals surface area contributed by atoms with Gasteiger partial charge in [-0.05, 0) is 37.1 Å². The van der Waals surface area contributed by atoms with Crippen LogP contribution in [0.1, 0.15) is 24.4 Å². The topological polar surface area (TPSA) is 30.5 Å². The Bertz CT molecular complexity index is 359. The first-order valence-corrected chi connectivity index (χ1v) is 5.56. The lowest BCUT2D eigenvalue weighted by atomic mass is 10.0. The molecule has 3 heteroatoms. The zero-order chi connectivity index (χ0) is 10.1. The van der Waals surface area contributed by atoms with Gasteiger partial charge in [0.25, 0.3) is 0 Å². The van der Waals surface area contributed by atoms with E-state index in [0.717, 1.165) is 18.0 Å². The third-order valence-electron chi connectivity index (χ3n) is 3.03. The second-order valence-corrected chi connectivity index (χ2v) is 4.05. The molecule has 0 spiro atoms. The standard InChI is InChI=1S/C12H15NO2/c1-2-10(13-5-1)9-3-4-11-12(8-9)15-7-6-14-11/h3-4,8,10,13H,1-2,5-7H2. The first-order valence-electron chi connectivity index (χ1n) is 5.56. The van der Waals surface area contributed by atoms with Gasteiger partial charge in [-0.2, -0.15) is 0 Å². The number of ether oxygens (including phenoxy) is 2. The number of benzene rings is 1. The molecule has 0 saturated carbocycles. The van der Waals surface area contributed by atoms with Crippen LogP contribution in [0.2, 0.25) is 0 Å². The zero-order valence-electron chi connectivity index (χ0n) is 8.66. The number of hydrogen-bond acceptors (Lipinski definition) is 3. The number of hydrogen-bond donors (Lipinski definition) is 1. The van der Waals surface area contributed by atoms with Crippen molar-refractivity contribution in [2.24, 2.45) is 0 Å². The fourth-order valence-corrected chi connectivity index (χ4v) is 2.25. The molecule has 0 bridgehead atoms. The lowest BCUT2D eigenvalue weighted by Gasteiger charge is -2.20. The lowest BCUT2D eigenvalue weighted by molar-refractivity contribution is 0.171. The minimum absolute atomic E-state index is 0.501. The molecule has 1 aromatic rings. The molecule has 1 unspecified atom stereocenters. The van der Waals surface area contributed by atoms with Crippen LogP contribution in [0.25, 0.3) is 0 Å². The molecule has 80 valence electrons. The summed E-state index contributed by atoms with van der Waals surface area (Å²) in [6.07, 6.45) is 2.48. The van der Waals surface area contributed by atoms with E-state index in [1.165, 1.54) is 18.4 Å². The lowest BCUT2D eigenvalue weighted by Crippen LogP contribution is -2.17. The van der Waals surface area contributed by atoms with Crippen molar-refractivity contribution in [1.82, 2.24) is 5.32 Å². The molecule has 0 radical (unpaired) electrons. The molecular weight excluding hydrogens is 190 g/mol. The van der Waals surface area contributed by atoms with Crippen LogP contribution in [0.5, 0.6) is 11.5 Å². The monoisotopic (exact) mass is 205 g/mol. The molecule has 1 N–H and O–H groups in total. The normalized spacial score (nSPS) is 24.1. The third-order valence-corrected chi connectivity index (χ3v) is 3.03. The summed E-state index contributed by atoms with van der Waals surface area (Å²) in [6.45, 7) is 2.45. The minimum atomic E-state index is 0.501. The molecule has 1 aromatic carbocycles. The molecule has 1 saturated heterocycles. The molecule has 2 aliphatic rings. The van der Waals surface area contributed by atoms with Crippen molar-refractivity contribution < 1.29 is 9.47 Å². The molecular formula is C12H15NO2. The quantitative estimate of drug-likeness (QED) is 0.759. The van der Waals surface area contributed by atoms with Crippen molar-refractivity contribution in [3.8, 4) is 11.5 Å². The molecule has 2 heterocycles. The van der Waals surface area contributed by atoms with Crippen molar-refractivity contribution in [3.05, 3.63) is 23.8 Å². The third kappa shape index (κ3) is 1.67. The van der Waals surface area contributed by atoms with Crippen molar-refractivity contribution in [2.45, 2.75) is 18.9 Å². The molecule has 15 heavy (non-hydrogen) atoms. The smallest absolute Gasteiger partial charge is 0.161 e. The predicted octanol–water partition coefficient (Wildman–Crippen LogP) is 1.88. The van der Waals surface area contributed by atoms with Crippen molar-refractivity contribution >= 4 is 0 Å². The Balaban J connectivity index is 1.89. The fraction of sp³-hybridized carbons (Fsp3) is 0.500. The Hall–Kier alpha value is -1.22. The maximum Gasteiger partial charge on any atom is 0.161 e. The predicted molar refractivity (Wildman–Crippen MR) is 57.4 cm³/mol. The Morgan fingerprint density at radius 2 is 2.00 bits per heavy atom. The highest BCUT2D eigenvalue weighted by Gasteiger charge is 2.19. The zero-order valence-corrected chi connectivity index (χ0v) is 8.66. The van der Waals surface area contributed by atoms with E-state index in [9.17, 15) is 0 Å². The SMILES string of the molecule is c1cc2c(cc1C1CCCN1)OCCO2. The molecule has 1 fully saturated rings. The highest BCUT2D eigenvalue weighted by atomic mass is 16.6. The molecule has 3 nitrogen and oxygen atoms in total. The first-order chi connectivity index (χ1) is 7.43. The summed E-state index contributed by atoms with van der Waals surface area (Å²) in [5, 5.41) is 3.48. The van der Waals surface area contributed by atoms with Gasteiger partial charge in [0.1, 0.15) is 13.2 Å². The highest BCUT2D eigenvalue weighted by molar-refractivity contribution is 5.44. The van der Waals surface area contributed by atoms with Crippen LogP contribution >= 0.6 is 0 Å². The number of nitrogens with one attached hydrogen (secondary N) is 1. The Kier molecular flexibility index (Phi) is 2.25. The second-order valence-electron chi connectivity index (χ2n) is 4.05. The molecule has 1 atom stereocenters. The number of rotatable bonds is 1. The van der Waals surface area contributed by atoms with E-state index >= 15 is 0 Å². The summed E-state index contributed by atoms with van der Waals surface area (Å²) in [7, 11) is 0. The molecule has 0 aliphatic carbocycles. The molecule has 2 aliphatic heterocycles. The van der Waals surface area contributed by atoms with Gasteiger partial charge in [-0.15, -0.1) is 0 Å². The van der Waals surface area contributed by atoms with Crippen LogP contribution < -0.4 is 14.8 Å². The maximum absolute atomic E-state index is 5.57. The van der Waals surface area contributed by atoms with Crippen molar-refractivity contribution in [3.63, 3.8) is 0 Å². The molecule has 0 amide bonds. The van der Waals surface area contributed by atoms with Gasteiger partial charge in [0, 0.05) is 6.04 Å². The van der Waals surface area contributed by atoms with E-state index in [1.807, 2.05) is 6.07 Å². The first kappa shape index (κ1) is 9.04. The molecule has 3 rings (SSSR count). The number of fused-ring (bicyclic) bond motifs is 1. The minimum Gasteiger partial charge on any atom is -0.486 e.